The molecule has 0 unspecified atom stereocenters. The highest BCUT2D eigenvalue weighted by molar-refractivity contribution is 9.10. The second-order valence-corrected chi connectivity index (χ2v) is 9.37. The molecule has 1 fully saturated rings. The summed E-state index contributed by atoms with van der Waals surface area (Å²) in [6.07, 6.45) is 2.59. The smallest absolute Gasteiger partial charge is 0.317 e. The fraction of sp³-hybridized carbons (Fsp3) is 0.300. The van der Waals surface area contributed by atoms with Crippen LogP contribution in [0.15, 0.2) is 35.1 Å². The summed E-state index contributed by atoms with van der Waals surface area (Å²) >= 11 is 5.07. The number of aryl methyl sites for hydroxylation is 1. The summed E-state index contributed by atoms with van der Waals surface area (Å²) in [5.74, 6) is 0.510. The lowest BCUT2D eigenvalue weighted by Crippen LogP contribution is -2.37. The van der Waals surface area contributed by atoms with Gasteiger partial charge < -0.3 is 15.5 Å². The maximum atomic E-state index is 11.8. The molecule has 1 aromatic carbocycles. The van der Waals surface area contributed by atoms with Gasteiger partial charge in [0.1, 0.15) is 14.6 Å². The first kappa shape index (κ1) is 20.8. The Hall–Kier alpha value is -3.12. The standard InChI is InChI=1S/C20H20BrN9OS/c1-11-26-27-18(32-11)12-3-5-14(6-4-12)30-17-15(16(21)28-30)9-23-19(25-17)24-13-7-8-29(10-13)20(31)22-2/h3-6,9,13H,7-8,10H2,1-2H3,(H,22,31)(H,23,24,25)/t13-/m1/s1. The summed E-state index contributed by atoms with van der Waals surface area (Å²) in [7, 11) is 1.64. The Morgan fingerprint density at radius 1 is 1.25 bits per heavy atom. The zero-order valence-corrected chi connectivity index (χ0v) is 19.8. The van der Waals surface area contributed by atoms with Gasteiger partial charge in [-0.2, -0.15) is 10.1 Å². The van der Waals surface area contributed by atoms with Crippen LogP contribution in [0.25, 0.3) is 27.3 Å². The van der Waals surface area contributed by atoms with Crippen LogP contribution >= 0.6 is 27.3 Å². The second-order valence-electron chi connectivity index (χ2n) is 7.44. The molecule has 2 N–H and O–H groups in total. The van der Waals surface area contributed by atoms with Gasteiger partial charge in [0, 0.05) is 37.9 Å². The number of rotatable bonds is 4. The third-order valence-corrected chi connectivity index (χ3v) is 6.76. The van der Waals surface area contributed by atoms with Crippen LogP contribution in [0.5, 0.6) is 0 Å². The Labute approximate surface area is 196 Å². The van der Waals surface area contributed by atoms with Gasteiger partial charge in [-0.15, -0.1) is 10.2 Å². The van der Waals surface area contributed by atoms with Crippen molar-refractivity contribution < 1.29 is 4.79 Å². The predicted octanol–water partition coefficient (Wildman–Crippen LogP) is 3.23. The Kier molecular flexibility index (Phi) is 5.47. The minimum Gasteiger partial charge on any atom is -0.350 e. The number of aromatic nitrogens is 6. The zero-order chi connectivity index (χ0) is 22.2. The van der Waals surface area contributed by atoms with Crippen LogP contribution in [0.4, 0.5) is 10.7 Å². The first-order valence-corrected chi connectivity index (χ1v) is 11.7. The number of nitrogens with zero attached hydrogens (tertiary/aromatic N) is 7. The van der Waals surface area contributed by atoms with Gasteiger partial charge in [0.05, 0.1) is 11.1 Å². The fourth-order valence-corrected chi connectivity index (χ4v) is 4.82. The average molecular weight is 514 g/mol. The van der Waals surface area contributed by atoms with E-state index in [9.17, 15) is 4.79 Å². The van der Waals surface area contributed by atoms with Gasteiger partial charge in [-0.05, 0) is 53.5 Å². The first-order chi connectivity index (χ1) is 15.5. The molecule has 3 aromatic heterocycles. The molecule has 1 atom stereocenters. The number of amides is 2. The Morgan fingerprint density at radius 3 is 2.78 bits per heavy atom. The minimum absolute atomic E-state index is 0.0696. The Morgan fingerprint density at radius 2 is 2.06 bits per heavy atom. The summed E-state index contributed by atoms with van der Waals surface area (Å²) < 4.78 is 2.46. The van der Waals surface area contributed by atoms with Crippen molar-refractivity contribution in [2.24, 2.45) is 0 Å². The van der Waals surface area contributed by atoms with E-state index in [4.69, 9.17) is 4.98 Å². The van der Waals surface area contributed by atoms with Gasteiger partial charge in [-0.3, -0.25) is 0 Å². The highest BCUT2D eigenvalue weighted by Crippen LogP contribution is 2.28. The summed E-state index contributed by atoms with van der Waals surface area (Å²) in [4.78, 5) is 22.8. The SMILES string of the molecule is CNC(=O)N1CC[C@@H](Nc2ncc3c(Br)nn(-c4ccc(-c5nnc(C)s5)cc4)c3n2)C1. The third-order valence-electron chi connectivity index (χ3n) is 5.29. The van der Waals surface area contributed by atoms with E-state index in [-0.39, 0.29) is 12.1 Å². The van der Waals surface area contributed by atoms with Crippen LogP contribution in [-0.2, 0) is 0 Å². The van der Waals surface area contributed by atoms with Crippen LogP contribution in [-0.4, -0.2) is 67.1 Å². The summed E-state index contributed by atoms with van der Waals surface area (Å²) in [6.45, 7) is 3.25. The van der Waals surface area contributed by atoms with Crippen LogP contribution < -0.4 is 10.6 Å². The van der Waals surface area contributed by atoms with Crippen molar-refractivity contribution in [2.45, 2.75) is 19.4 Å². The van der Waals surface area contributed by atoms with Crippen LogP contribution in [0.3, 0.4) is 0 Å². The normalized spacial score (nSPS) is 16.0. The number of benzene rings is 1. The summed E-state index contributed by atoms with van der Waals surface area (Å²) in [5, 5.41) is 21.5. The van der Waals surface area contributed by atoms with Gasteiger partial charge in [0.15, 0.2) is 5.65 Å². The molecule has 1 aliphatic heterocycles. The number of halogens is 1. The maximum absolute atomic E-state index is 11.8. The number of carbonyl (C=O) groups excluding carboxylic acids is 1. The van der Waals surface area contributed by atoms with Crippen LogP contribution in [0, 0.1) is 6.92 Å². The molecular formula is C20H20BrN9OS. The lowest BCUT2D eigenvalue weighted by Gasteiger charge is -2.16. The molecule has 32 heavy (non-hydrogen) atoms. The number of nitrogens with one attached hydrogen (secondary N) is 2. The Bertz CT molecular complexity index is 1290. The van der Waals surface area contributed by atoms with E-state index in [1.807, 2.05) is 31.2 Å². The maximum Gasteiger partial charge on any atom is 0.317 e. The van der Waals surface area contributed by atoms with Crippen molar-refractivity contribution in [3.63, 3.8) is 0 Å². The number of urea groups is 1. The number of hydrogen-bond donors (Lipinski definition) is 2. The van der Waals surface area contributed by atoms with Crippen molar-refractivity contribution >= 4 is 50.3 Å². The number of fused-ring (bicyclic) bond motifs is 1. The van der Waals surface area contributed by atoms with Crippen LogP contribution in [0.2, 0.25) is 0 Å². The molecule has 4 aromatic rings. The number of hydrogen-bond acceptors (Lipinski definition) is 8. The monoisotopic (exact) mass is 513 g/mol. The van der Waals surface area contributed by atoms with Crippen molar-refractivity contribution in [3.05, 3.63) is 40.1 Å². The van der Waals surface area contributed by atoms with Gasteiger partial charge in [0.25, 0.3) is 0 Å². The lowest BCUT2D eigenvalue weighted by atomic mass is 10.2. The molecule has 4 heterocycles. The molecule has 5 rings (SSSR count). The van der Waals surface area contributed by atoms with Crippen LogP contribution in [0.1, 0.15) is 11.4 Å². The van der Waals surface area contributed by atoms with Crippen molar-refractivity contribution in [3.8, 4) is 16.3 Å². The van der Waals surface area contributed by atoms with E-state index in [1.54, 1.807) is 34.2 Å². The van der Waals surface area contributed by atoms with E-state index in [0.29, 0.717) is 29.3 Å². The van der Waals surface area contributed by atoms with E-state index in [0.717, 1.165) is 33.1 Å². The quantitative estimate of drug-likeness (QED) is 0.430. The number of likely N-dealkylation sites (tertiary alicyclic amines) is 1. The third kappa shape index (κ3) is 3.91. The fourth-order valence-electron chi connectivity index (χ4n) is 3.68. The largest absolute Gasteiger partial charge is 0.350 e. The number of anilines is 1. The highest BCUT2D eigenvalue weighted by Gasteiger charge is 2.26. The molecule has 0 bridgehead atoms. The van der Waals surface area contributed by atoms with Crippen molar-refractivity contribution in [2.75, 3.05) is 25.5 Å². The molecule has 164 valence electrons. The van der Waals surface area contributed by atoms with Crippen molar-refractivity contribution in [1.29, 1.82) is 0 Å². The van der Waals surface area contributed by atoms with Gasteiger partial charge in [-0.25, -0.2) is 14.5 Å². The average Bonchev–Trinajstić information content (AvgIpc) is 3.53. The molecular weight excluding hydrogens is 494 g/mol. The molecule has 0 saturated carbocycles. The second kappa shape index (κ2) is 8.43. The van der Waals surface area contributed by atoms with E-state index < -0.39 is 0 Å². The zero-order valence-electron chi connectivity index (χ0n) is 17.4. The lowest BCUT2D eigenvalue weighted by molar-refractivity contribution is 0.211. The van der Waals surface area contributed by atoms with E-state index in [1.165, 1.54) is 0 Å². The summed E-state index contributed by atoms with van der Waals surface area (Å²) in [5.41, 5.74) is 2.57. The first-order valence-electron chi connectivity index (χ1n) is 10.1. The summed E-state index contributed by atoms with van der Waals surface area (Å²) in [6, 6.07) is 8.00. The van der Waals surface area contributed by atoms with Crippen molar-refractivity contribution in [1.82, 2.24) is 40.2 Å². The molecule has 10 nitrogen and oxygen atoms in total. The van der Waals surface area contributed by atoms with E-state index in [2.05, 4.69) is 46.8 Å². The molecule has 12 heteroatoms. The molecule has 1 aliphatic rings. The molecule has 2 amide bonds. The van der Waals surface area contributed by atoms with E-state index >= 15 is 0 Å². The topological polar surface area (TPSA) is 114 Å². The molecule has 0 spiro atoms. The van der Waals surface area contributed by atoms with Gasteiger partial charge in [0.2, 0.25) is 5.95 Å². The molecule has 0 aliphatic carbocycles. The van der Waals surface area contributed by atoms with Gasteiger partial charge in [-0.1, -0.05) is 11.3 Å². The minimum atomic E-state index is -0.0696. The highest BCUT2D eigenvalue weighted by atomic mass is 79.9. The predicted molar refractivity (Wildman–Crippen MR) is 126 cm³/mol. The number of carbonyl (C=O) groups is 1. The Balaban J connectivity index is 1.41. The van der Waals surface area contributed by atoms with Gasteiger partial charge >= 0.3 is 6.03 Å². The molecule has 0 radical (unpaired) electrons. The molecule has 1 saturated heterocycles.